The second-order valence-corrected chi connectivity index (χ2v) is 6.21. The number of aliphatic hydroxyl groups is 1. The molecule has 118 valence electrons. The highest BCUT2D eigenvalue weighted by Crippen LogP contribution is 2.33. The third kappa shape index (κ3) is 3.47. The van der Waals surface area contributed by atoms with Crippen LogP contribution in [0, 0.1) is 5.92 Å². The molecule has 3 rings (SSSR count). The minimum atomic E-state index is -0.0615. The number of aliphatic imine (C=N–C) groups is 1. The fraction of sp³-hybridized carbons (Fsp3) is 0.529. The van der Waals surface area contributed by atoms with Crippen LogP contribution in [0.15, 0.2) is 39.1 Å². The van der Waals surface area contributed by atoms with Crippen LogP contribution in [0.1, 0.15) is 37.4 Å². The van der Waals surface area contributed by atoms with Gasteiger partial charge in [-0.1, -0.05) is 0 Å². The Labute approximate surface area is 130 Å². The third-order valence-electron chi connectivity index (χ3n) is 4.57. The van der Waals surface area contributed by atoms with Gasteiger partial charge in [0.05, 0.1) is 24.9 Å². The smallest absolute Gasteiger partial charge is 0.168 e. The highest BCUT2D eigenvalue weighted by Gasteiger charge is 2.29. The SMILES string of the molecule is O=C1CC(c2ccco2)CC(O)=C1C=NCC1CC[NH2+]CC1. The fourth-order valence-electron chi connectivity index (χ4n) is 3.25. The number of quaternary nitrogens is 1. The van der Waals surface area contributed by atoms with Crippen LogP contribution in [0.4, 0.5) is 0 Å². The van der Waals surface area contributed by atoms with E-state index in [1.165, 1.54) is 12.8 Å². The van der Waals surface area contributed by atoms with Gasteiger partial charge < -0.3 is 14.8 Å². The van der Waals surface area contributed by atoms with Gasteiger partial charge in [0, 0.05) is 44.4 Å². The zero-order valence-electron chi connectivity index (χ0n) is 12.7. The summed E-state index contributed by atoms with van der Waals surface area (Å²) in [4.78, 5) is 16.6. The zero-order valence-corrected chi connectivity index (χ0v) is 12.7. The Morgan fingerprint density at radius 1 is 1.36 bits per heavy atom. The lowest BCUT2D eigenvalue weighted by molar-refractivity contribution is -0.664. The minimum absolute atomic E-state index is 0.0501. The number of carbonyl (C=O) groups excluding carboxylic acids is 1. The highest BCUT2D eigenvalue weighted by atomic mass is 16.3. The number of allylic oxidation sites excluding steroid dienone is 2. The van der Waals surface area contributed by atoms with Crippen molar-refractivity contribution in [2.24, 2.45) is 10.9 Å². The molecule has 1 aromatic heterocycles. The van der Waals surface area contributed by atoms with Crippen molar-refractivity contribution in [2.75, 3.05) is 19.6 Å². The first-order valence-electron chi connectivity index (χ1n) is 8.04. The van der Waals surface area contributed by atoms with Crippen molar-refractivity contribution in [3.63, 3.8) is 0 Å². The van der Waals surface area contributed by atoms with Crippen LogP contribution in [-0.4, -0.2) is 36.7 Å². The molecule has 0 saturated carbocycles. The van der Waals surface area contributed by atoms with E-state index in [1.54, 1.807) is 18.5 Å². The Kier molecular flexibility index (Phi) is 4.73. The molecular weight excluding hydrogens is 280 g/mol. The maximum absolute atomic E-state index is 12.2. The molecular formula is C17H23N2O3+. The molecule has 2 aliphatic rings. The number of ketones is 1. The second kappa shape index (κ2) is 6.92. The number of Topliss-reactive ketones (excluding diaryl/α,β-unsaturated/α-hetero) is 1. The number of furan rings is 1. The number of hydrogen-bond donors (Lipinski definition) is 2. The maximum Gasteiger partial charge on any atom is 0.168 e. The molecule has 1 atom stereocenters. The van der Waals surface area contributed by atoms with Gasteiger partial charge >= 0.3 is 0 Å². The summed E-state index contributed by atoms with van der Waals surface area (Å²) >= 11 is 0. The third-order valence-corrected chi connectivity index (χ3v) is 4.57. The molecule has 0 amide bonds. The Morgan fingerprint density at radius 3 is 2.86 bits per heavy atom. The molecule has 0 radical (unpaired) electrons. The normalized spacial score (nSPS) is 24.4. The predicted molar refractivity (Wildman–Crippen MR) is 83.1 cm³/mol. The molecule has 0 bridgehead atoms. The van der Waals surface area contributed by atoms with E-state index in [1.807, 2.05) is 6.07 Å². The van der Waals surface area contributed by atoms with Crippen LogP contribution < -0.4 is 5.32 Å². The number of aliphatic hydroxyl groups excluding tert-OH is 1. The monoisotopic (exact) mass is 303 g/mol. The number of rotatable bonds is 4. The first-order valence-corrected chi connectivity index (χ1v) is 8.04. The Morgan fingerprint density at radius 2 is 2.18 bits per heavy atom. The van der Waals surface area contributed by atoms with Crippen molar-refractivity contribution in [1.29, 1.82) is 0 Å². The average molecular weight is 303 g/mol. The van der Waals surface area contributed by atoms with E-state index in [4.69, 9.17) is 4.42 Å². The number of nitrogens with zero attached hydrogens (tertiary/aromatic N) is 1. The molecule has 2 heterocycles. The van der Waals surface area contributed by atoms with E-state index in [9.17, 15) is 9.90 Å². The Balaban J connectivity index is 1.62. The standard InChI is InChI=1S/C17H22N2O3/c20-15-8-13(17-2-1-7-22-17)9-16(21)14(15)11-19-10-12-3-5-18-6-4-12/h1-2,7,11-13,18,20H,3-6,8-10H2/p+1. The molecule has 0 spiro atoms. The van der Waals surface area contributed by atoms with Gasteiger partial charge in [0.1, 0.15) is 11.5 Å². The number of piperidine rings is 1. The van der Waals surface area contributed by atoms with Crippen molar-refractivity contribution < 1.29 is 19.6 Å². The average Bonchev–Trinajstić information content (AvgIpc) is 3.05. The van der Waals surface area contributed by atoms with Crippen LogP contribution in [-0.2, 0) is 4.79 Å². The van der Waals surface area contributed by atoms with E-state index in [2.05, 4.69) is 10.3 Å². The van der Waals surface area contributed by atoms with Crippen LogP contribution in [0.25, 0.3) is 0 Å². The highest BCUT2D eigenvalue weighted by molar-refractivity contribution is 6.14. The first kappa shape index (κ1) is 15.0. The van der Waals surface area contributed by atoms with Crippen LogP contribution >= 0.6 is 0 Å². The van der Waals surface area contributed by atoms with Gasteiger partial charge in [-0.3, -0.25) is 9.79 Å². The topological polar surface area (TPSA) is 79.4 Å². The zero-order chi connectivity index (χ0) is 15.4. The summed E-state index contributed by atoms with van der Waals surface area (Å²) in [5, 5.41) is 12.5. The lowest BCUT2D eigenvalue weighted by Gasteiger charge is -2.20. The lowest BCUT2D eigenvalue weighted by atomic mass is 9.86. The lowest BCUT2D eigenvalue weighted by Crippen LogP contribution is -2.86. The number of nitrogens with two attached hydrogens (primary N) is 1. The van der Waals surface area contributed by atoms with E-state index in [0.29, 0.717) is 24.3 Å². The molecule has 1 aromatic rings. The Bertz CT molecular complexity index is 569. The van der Waals surface area contributed by atoms with Gasteiger partial charge in [0.2, 0.25) is 0 Å². The summed E-state index contributed by atoms with van der Waals surface area (Å²) in [7, 11) is 0. The molecule has 1 aliphatic carbocycles. The van der Waals surface area contributed by atoms with Gasteiger partial charge in [0.15, 0.2) is 5.78 Å². The van der Waals surface area contributed by atoms with Crippen molar-refractivity contribution in [2.45, 2.75) is 31.6 Å². The van der Waals surface area contributed by atoms with E-state index >= 15 is 0 Å². The van der Waals surface area contributed by atoms with Crippen LogP contribution in [0.5, 0.6) is 0 Å². The van der Waals surface area contributed by atoms with E-state index in [-0.39, 0.29) is 17.5 Å². The van der Waals surface area contributed by atoms with Gasteiger partial charge in [-0.2, -0.15) is 0 Å². The molecule has 1 aliphatic heterocycles. The summed E-state index contributed by atoms with van der Waals surface area (Å²) in [5.74, 6) is 1.39. The molecule has 1 saturated heterocycles. The first-order chi connectivity index (χ1) is 10.7. The summed E-state index contributed by atoms with van der Waals surface area (Å²) < 4.78 is 5.34. The van der Waals surface area contributed by atoms with Crippen molar-refractivity contribution in [1.82, 2.24) is 0 Å². The minimum Gasteiger partial charge on any atom is -0.511 e. The van der Waals surface area contributed by atoms with Crippen LogP contribution in [0.3, 0.4) is 0 Å². The largest absolute Gasteiger partial charge is 0.511 e. The second-order valence-electron chi connectivity index (χ2n) is 6.21. The van der Waals surface area contributed by atoms with Gasteiger partial charge in [-0.25, -0.2) is 0 Å². The summed E-state index contributed by atoms with van der Waals surface area (Å²) in [6.07, 6.45) is 6.34. The van der Waals surface area contributed by atoms with E-state index in [0.717, 1.165) is 25.4 Å². The molecule has 1 fully saturated rings. The molecule has 22 heavy (non-hydrogen) atoms. The maximum atomic E-state index is 12.2. The van der Waals surface area contributed by atoms with Crippen LogP contribution in [0.2, 0.25) is 0 Å². The molecule has 1 unspecified atom stereocenters. The van der Waals surface area contributed by atoms with Gasteiger partial charge in [-0.15, -0.1) is 0 Å². The van der Waals surface area contributed by atoms with Gasteiger partial charge in [0.25, 0.3) is 0 Å². The molecule has 5 nitrogen and oxygen atoms in total. The summed E-state index contributed by atoms with van der Waals surface area (Å²) in [6, 6.07) is 3.66. The molecule has 0 aromatic carbocycles. The van der Waals surface area contributed by atoms with Crippen molar-refractivity contribution in [3.8, 4) is 0 Å². The Hall–Kier alpha value is -1.88. The molecule has 5 heteroatoms. The summed E-state index contributed by atoms with van der Waals surface area (Å²) in [5.41, 5.74) is 0.380. The van der Waals surface area contributed by atoms with Crippen molar-refractivity contribution in [3.05, 3.63) is 35.5 Å². The van der Waals surface area contributed by atoms with Gasteiger partial charge in [-0.05, 0) is 18.1 Å². The number of carbonyl (C=O) groups is 1. The van der Waals surface area contributed by atoms with Crippen molar-refractivity contribution >= 4 is 12.0 Å². The van der Waals surface area contributed by atoms with E-state index < -0.39 is 0 Å². The fourth-order valence-corrected chi connectivity index (χ4v) is 3.25. The quantitative estimate of drug-likeness (QED) is 0.829. The number of hydrogen-bond acceptors (Lipinski definition) is 4. The molecule has 3 N–H and O–H groups in total. The summed E-state index contributed by atoms with van der Waals surface area (Å²) in [6.45, 7) is 3.08. The predicted octanol–water partition coefficient (Wildman–Crippen LogP) is 1.58.